The third-order valence-corrected chi connectivity index (χ3v) is 7.07. The number of rotatable bonds is 6. The molecule has 1 saturated heterocycles. The highest BCUT2D eigenvalue weighted by molar-refractivity contribution is 6.09. The molecule has 32 heavy (non-hydrogen) atoms. The molecule has 2 aromatic rings. The highest BCUT2D eigenvalue weighted by atomic mass is 16.5. The number of amides is 1. The number of ether oxygens (including phenoxy) is 1. The first-order valence-corrected chi connectivity index (χ1v) is 11.5. The first-order valence-electron chi connectivity index (χ1n) is 11.5. The van der Waals surface area contributed by atoms with Gasteiger partial charge >= 0.3 is 0 Å². The molecule has 6 nitrogen and oxygen atoms in total. The number of nitrogens with one attached hydrogen (secondary N) is 3. The van der Waals surface area contributed by atoms with E-state index in [0.29, 0.717) is 0 Å². The van der Waals surface area contributed by atoms with Crippen molar-refractivity contribution in [3.05, 3.63) is 59.7 Å². The second-order valence-corrected chi connectivity index (χ2v) is 9.15. The summed E-state index contributed by atoms with van der Waals surface area (Å²) in [5.74, 6) is 0.840. The maximum absolute atomic E-state index is 13.0. The third kappa shape index (κ3) is 3.69. The predicted molar refractivity (Wildman–Crippen MR) is 129 cm³/mol. The van der Waals surface area contributed by atoms with Crippen molar-refractivity contribution in [1.29, 1.82) is 5.41 Å². The molecule has 6 heteroatoms. The van der Waals surface area contributed by atoms with Gasteiger partial charge in [-0.25, -0.2) is 0 Å². The Bertz CT molecular complexity index is 1050. The molecule has 3 aliphatic rings. The number of para-hydroxylation sites is 1. The lowest BCUT2D eigenvalue weighted by Gasteiger charge is -2.36. The number of allylic oxidation sites excluding steroid dienone is 1. The van der Waals surface area contributed by atoms with Gasteiger partial charge in [0.15, 0.2) is 0 Å². The topological polar surface area (TPSA) is 77.5 Å². The van der Waals surface area contributed by atoms with E-state index in [4.69, 9.17) is 10.1 Å². The van der Waals surface area contributed by atoms with Crippen LogP contribution >= 0.6 is 0 Å². The lowest BCUT2D eigenvalue weighted by atomic mass is 9.65. The second kappa shape index (κ2) is 8.43. The van der Waals surface area contributed by atoms with Crippen molar-refractivity contribution < 1.29 is 9.53 Å². The average molecular weight is 431 g/mol. The number of anilines is 2. The molecule has 1 amide bonds. The summed E-state index contributed by atoms with van der Waals surface area (Å²) >= 11 is 0. The summed E-state index contributed by atoms with van der Waals surface area (Å²) in [4.78, 5) is 15.3. The Kier molecular flexibility index (Phi) is 5.47. The van der Waals surface area contributed by atoms with Crippen LogP contribution in [-0.4, -0.2) is 43.3 Å². The lowest BCUT2D eigenvalue weighted by Crippen LogP contribution is -2.40. The largest absolute Gasteiger partial charge is 0.488 e. The lowest BCUT2D eigenvalue weighted by molar-refractivity contribution is -0.123. The summed E-state index contributed by atoms with van der Waals surface area (Å²) in [5.41, 5.74) is 4.15. The number of hydrogen-bond acceptors (Lipinski definition) is 5. The fraction of sp³-hybridized carbons (Fsp3) is 0.385. The van der Waals surface area contributed by atoms with E-state index in [9.17, 15) is 4.79 Å². The molecule has 0 bridgehead atoms. The molecule has 2 aliphatic heterocycles. The molecule has 166 valence electrons. The number of fused-ring (bicyclic) bond motifs is 2. The normalized spacial score (nSPS) is 20.4. The summed E-state index contributed by atoms with van der Waals surface area (Å²) in [6, 6.07) is 14.1. The van der Waals surface area contributed by atoms with E-state index in [1.54, 1.807) is 6.08 Å². The van der Waals surface area contributed by atoms with Gasteiger partial charge in [-0.2, -0.15) is 0 Å². The van der Waals surface area contributed by atoms with Crippen LogP contribution in [0.4, 0.5) is 11.4 Å². The fourth-order valence-corrected chi connectivity index (χ4v) is 5.01. The molecule has 1 saturated carbocycles. The van der Waals surface area contributed by atoms with Crippen LogP contribution in [0.15, 0.2) is 48.5 Å². The van der Waals surface area contributed by atoms with Gasteiger partial charge in [-0.3, -0.25) is 4.79 Å². The second-order valence-electron chi connectivity index (χ2n) is 9.15. The zero-order valence-corrected chi connectivity index (χ0v) is 18.5. The number of carbonyl (C=O) groups is 1. The van der Waals surface area contributed by atoms with Crippen molar-refractivity contribution in [3.8, 4) is 5.75 Å². The van der Waals surface area contributed by atoms with Crippen LogP contribution in [-0.2, 0) is 10.2 Å². The average Bonchev–Trinajstić information content (AvgIpc) is 3.08. The van der Waals surface area contributed by atoms with Crippen molar-refractivity contribution in [2.24, 2.45) is 0 Å². The van der Waals surface area contributed by atoms with Crippen molar-refractivity contribution in [1.82, 2.24) is 4.90 Å². The minimum absolute atomic E-state index is 0.0951. The first kappa shape index (κ1) is 20.8. The van der Waals surface area contributed by atoms with Crippen molar-refractivity contribution in [2.45, 2.75) is 43.6 Å². The van der Waals surface area contributed by atoms with Crippen LogP contribution < -0.4 is 15.4 Å². The van der Waals surface area contributed by atoms with Crippen molar-refractivity contribution >= 4 is 29.2 Å². The molecular weight excluding hydrogens is 400 g/mol. The molecular formula is C26H30N4O2. The Hall–Kier alpha value is -3.12. The molecule has 0 radical (unpaired) electrons. The number of nitrogens with zero attached hydrogens (tertiary/aromatic N) is 1. The third-order valence-electron chi connectivity index (χ3n) is 7.07. The SMILES string of the molecule is CN1CCC(Oc2cc(/C(=C/C=N)Nc3ccccc3)cc3c2NC(=O)C32CCC2)CC1. The van der Waals surface area contributed by atoms with E-state index in [0.717, 1.165) is 79.1 Å². The van der Waals surface area contributed by atoms with Crippen LogP contribution in [0.3, 0.4) is 0 Å². The van der Waals surface area contributed by atoms with E-state index in [-0.39, 0.29) is 12.0 Å². The fourth-order valence-electron chi connectivity index (χ4n) is 5.01. The standard InChI is InChI=1S/C26H30N4O2/c1-30-14-9-20(10-15-30)32-23-17-18(22(8-13-27)28-19-6-3-2-4-7-19)16-21-24(23)29-25(31)26(21)11-5-12-26/h2-4,6-8,13,16-17,20,27-28H,5,9-12,14-15H2,1H3,(H,29,31)/b22-8-,27-13?. The summed E-state index contributed by atoms with van der Waals surface area (Å²) < 4.78 is 6.52. The molecule has 0 aromatic heterocycles. The van der Waals surface area contributed by atoms with Crippen LogP contribution in [0.1, 0.15) is 43.2 Å². The number of carbonyl (C=O) groups excluding carboxylic acids is 1. The van der Waals surface area contributed by atoms with Gasteiger partial charge in [0.1, 0.15) is 11.9 Å². The van der Waals surface area contributed by atoms with Gasteiger partial charge in [-0.15, -0.1) is 0 Å². The van der Waals surface area contributed by atoms with Gasteiger partial charge in [0, 0.05) is 36.3 Å². The summed E-state index contributed by atoms with van der Waals surface area (Å²) in [6.07, 6.45) is 7.94. The van der Waals surface area contributed by atoms with Crippen LogP contribution in [0, 0.1) is 5.41 Å². The number of benzene rings is 2. The Morgan fingerprint density at radius 3 is 2.62 bits per heavy atom. The quantitative estimate of drug-likeness (QED) is 0.584. The summed E-state index contributed by atoms with van der Waals surface area (Å²) in [5, 5.41) is 14.3. The van der Waals surface area contributed by atoms with Crippen molar-refractivity contribution in [3.63, 3.8) is 0 Å². The van der Waals surface area contributed by atoms with Gasteiger partial charge in [0.2, 0.25) is 5.91 Å². The Morgan fingerprint density at radius 1 is 1.22 bits per heavy atom. The summed E-state index contributed by atoms with van der Waals surface area (Å²) in [6.45, 7) is 2.02. The minimum atomic E-state index is -0.432. The maximum Gasteiger partial charge on any atom is 0.235 e. The van der Waals surface area contributed by atoms with Crippen molar-refractivity contribution in [2.75, 3.05) is 30.8 Å². The van der Waals surface area contributed by atoms with Crippen LogP contribution in [0.25, 0.3) is 5.70 Å². The molecule has 2 aromatic carbocycles. The minimum Gasteiger partial charge on any atom is -0.488 e. The molecule has 1 aliphatic carbocycles. The molecule has 5 rings (SSSR count). The molecule has 2 fully saturated rings. The van der Waals surface area contributed by atoms with Gasteiger partial charge < -0.3 is 25.7 Å². The van der Waals surface area contributed by atoms with E-state index in [1.165, 1.54) is 6.21 Å². The molecule has 0 atom stereocenters. The highest BCUT2D eigenvalue weighted by Gasteiger charge is 2.52. The van der Waals surface area contributed by atoms with Gasteiger partial charge in [0.05, 0.1) is 11.1 Å². The Labute approximate surface area is 189 Å². The van der Waals surface area contributed by atoms with Crippen LogP contribution in [0.5, 0.6) is 5.75 Å². The monoisotopic (exact) mass is 430 g/mol. The molecule has 1 spiro atoms. The zero-order chi connectivity index (χ0) is 22.1. The number of likely N-dealkylation sites (tertiary alicyclic amines) is 1. The summed E-state index contributed by atoms with van der Waals surface area (Å²) in [7, 11) is 2.14. The molecule has 0 unspecified atom stereocenters. The van der Waals surface area contributed by atoms with E-state index < -0.39 is 5.41 Å². The van der Waals surface area contributed by atoms with Crippen LogP contribution in [0.2, 0.25) is 0 Å². The molecule has 3 N–H and O–H groups in total. The predicted octanol–water partition coefficient (Wildman–Crippen LogP) is 4.64. The van der Waals surface area contributed by atoms with Gasteiger partial charge in [0.25, 0.3) is 0 Å². The Morgan fingerprint density at radius 2 is 1.97 bits per heavy atom. The molecule has 2 heterocycles. The number of piperidine rings is 1. The van der Waals surface area contributed by atoms with E-state index in [2.05, 4.69) is 28.6 Å². The van der Waals surface area contributed by atoms with Gasteiger partial charge in [-0.05, 0) is 68.6 Å². The van der Waals surface area contributed by atoms with E-state index >= 15 is 0 Å². The zero-order valence-electron chi connectivity index (χ0n) is 18.5. The first-order chi connectivity index (χ1) is 15.6. The maximum atomic E-state index is 13.0. The number of hydrogen-bond donors (Lipinski definition) is 3. The van der Waals surface area contributed by atoms with Gasteiger partial charge in [-0.1, -0.05) is 24.6 Å². The highest BCUT2D eigenvalue weighted by Crippen LogP contribution is 2.54. The Balaban J connectivity index is 1.54. The van der Waals surface area contributed by atoms with E-state index in [1.807, 2.05) is 36.4 Å². The smallest absolute Gasteiger partial charge is 0.235 e.